The molecule has 5 N–H and O–H groups in total. The molecule has 7 heteroatoms. The molecule has 1 aromatic rings. The van der Waals surface area contributed by atoms with Gasteiger partial charge in [-0.3, -0.25) is 14.4 Å². The minimum Gasteiger partial charge on any atom is -0.480 e. The fourth-order valence-corrected chi connectivity index (χ4v) is 1.36. The summed E-state index contributed by atoms with van der Waals surface area (Å²) in [6.07, 6.45) is 0. The minimum atomic E-state index is -1.15. The van der Waals surface area contributed by atoms with Crippen LogP contribution in [-0.2, 0) is 9.59 Å². The molecule has 0 aliphatic carbocycles. The molecule has 102 valence electrons. The summed E-state index contributed by atoms with van der Waals surface area (Å²) < 4.78 is 0. The molecule has 19 heavy (non-hydrogen) atoms. The van der Waals surface area contributed by atoms with Crippen LogP contribution in [-0.4, -0.2) is 35.5 Å². The first kappa shape index (κ1) is 14.5. The summed E-state index contributed by atoms with van der Waals surface area (Å²) in [5.41, 5.74) is 6.20. The summed E-state index contributed by atoms with van der Waals surface area (Å²) in [5, 5.41) is 13.0. The zero-order chi connectivity index (χ0) is 14.4. The maximum atomic E-state index is 11.8. The lowest BCUT2D eigenvalue weighted by atomic mass is 10.1. The van der Waals surface area contributed by atoms with Crippen molar-refractivity contribution in [2.24, 2.45) is 0 Å². The average Bonchev–Trinajstić information content (AvgIpc) is 2.36. The second kappa shape index (κ2) is 6.39. The third-order valence-electron chi connectivity index (χ3n) is 2.36. The number of hydrogen-bond acceptors (Lipinski definition) is 4. The molecule has 7 nitrogen and oxygen atoms in total. The molecule has 1 aromatic carbocycles. The molecular formula is C12H15N3O4. The number of nitrogens with one attached hydrogen (secondary N) is 2. The minimum absolute atomic E-state index is 0.264. The Morgan fingerprint density at radius 3 is 2.53 bits per heavy atom. The smallest absolute Gasteiger partial charge is 0.322 e. The highest BCUT2D eigenvalue weighted by atomic mass is 16.4. The van der Waals surface area contributed by atoms with E-state index < -0.39 is 30.4 Å². The Balaban J connectivity index is 2.59. The highest BCUT2D eigenvalue weighted by Crippen LogP contribution is 2.10. The SMILES string of the molecule is CC(NC(=O)c1ccccc1N)C(=O)NCC(=O)O. The second-order valence-electron chi connectivity index (χ2n) is 3.89. The van der Waals surface area contributed by atoms with Crippen LogP contribution in [0.2, 0.25) is 0 Å². The number of nitrogen functional groups attached to an aromatic ring is 1. The molecule has 0 bridgehead atoms. The molecule has 0 fully saturated rings. The highest BCUT2D eigenvalue weighted by Gasteiger charge is 2.18. The van der Waals surface area contributed by atoms with Crippen LogP contribution in [0.4, 0.5) is 5.69 Å². The third-order valence-corrected chi connectivity index (χ3v) is 2.36. The predicted molar refractivity (Wildman–Crippen MR) is 68.4 cm³/mol. The normalized spacial score (nSPS) is 11.4. The number of anilines is 1. The Hall–Kier alpha value is -2.57. The Kier molecular flexibility index (Phi) is 4.87. The molecule has 0 radical (unpaired) electrons. The summed E-state index contributed by atoms with van der Waals surface area (Å²) >= 11 is 0. The van der Waals surface area contributed by atoms with E-state index in [1.807, 2.05) is 0 Å². The van der Waals surface area contributed by atoms with Gasteiger partial charge in [0.2, 0.25) is 5.91 Å². The molecule has 1 atom stereocenters. The number of hydrogen-bond donors (Lipinski definition) is 4. The van der Waals surface area contributed by atoms with Gasteiger partial charge >= 0.3 is 5.97 Å². The van der Waals surface area contributed by atoms with Gasteiger partial charge < -0.3 is 21.5 Å². The largest absolute Gasteiger partial charge is 0.480 e. The van der Waals surface area contributed by atoms with E-state index in [1.165, 1.54) is 13.0 Å². The van der Waals surface area contributed by atoms with Crippen LogP contribution in [0, 0.1) is 0 Å². The van der Waals surface area contributed by atoms with E-state index in [0.717, 1.165) is 0 Å². The number of carboxylic acid groups (broad SMARTS) is 1. The van der Waals surface area contributed by atoms with E-state index in [2.05, 4.69) is 10.6 Å². The fraction of sp³-hybridized carbons (Fsp3) is 0.250. The molecular weight excluding hydrogens is 250 g/mol. The van der Waals surface area contributed by atoms with Gasteiger partial charge in [0.05, 0.1) is 5.56 Å². The van der Waals surface area contributed by atoms with Gasteiger partial charge in [-0.2, -0.15) is 0 Å². The molecule has 0 saturated heterocycles. The van der Waals surface area contributed by atoms with E-state index in [-0.39, 0.29) is 5.56 Å². The van der Waals surface area contributed by atoms with Crippen molar-refractivity contribution in [3.63, 3.8) is 0 Å². The van der Waals surface area contributed by atoms with Crippen LogP contribution >= 0.6 is 0 Å². The van der Waals surface area contributed by atoms with Gasteiger partial charge in [0.25, 0.3) is 5.91 Å². The zero-order valence-corrected chi connectivity index (χ0v) is 10.3. The number of aliphatic carboxylic acids is 1. The van der Waals surface area contributed by atoms with Gasteiger partial charge in [0.1, 0.15) is 12.6 Å². The van der Waals surface area contributed by atoms with Gasteiger partial charge in [0.15, 0.2) is 0 Å². The van der Waals surface area contributed by atoms with Crippen molar-refractivity contribution in [1.82, 2.24) is 10.6 Å². The standard InChI is InChI=1S/C12H15N3O4/c1-7(11(18)14-6-10(16)17)15-12(19)8-4-2-3-5-9(8)13/h2-5,7H,6,13H2,1H3,(H,14,18)(H,15,19)(H,16,17). The lowest BCUT2D eigenvalue weighted by Gasteiger charge is -2.14. The van der Waals surface area contributed by atoms with Gasteiger partial charge in [-0.05, 0) is 19.1 Å². The van der Waals surface area contributed by atoms with Gasteiger partial charge in [-0.15, -0.1) is 0 Å². The summed E-state index contributed by atoms with van der Waals surface area (Å²) in [6.45, 7) is 0.959. The summed E-state index contributed by atoms with van der Waals surface area (Å²) in [6, 6.07) is 5.60. The number of para-hydroxylation sites is 1. The Labute approximate surface area is 109 Å². The van der Waals surface area contributed by atoms with Crippen molar-refractivity contribution in [1.29, 1.82) is 0 Å². The van der Waals surface area contributed by atoms with Crippen LogP contribution in [0.3, 0.4) is 0 Å². The monoisotopic (exact) mass is 265 g/mol. The number of amides is 2. The van der Waals surface area contributed by atoms with E-state index in [1.54, 1.807) is 18.2 Å². The molecule has 0 aliphatic heterocycles. The Morgan fingerprint density at radius 1 is 1.32 bits per heavy atom. The van der Waals surface area contributed by atoms with E-state index in [0.29, 0.717) is 5.69 Å². The first-order valence-electron chi connectivity index (χ1n) is 5.56. The number of carboxylic acids is 1. The average molecular weight is 265 g/mol. The van der Waals surface area contributed by atoms with E-state index >= 15 is 0 Å². The van der Waals surface area contributed by atoms with Gasteiger partial charge in [-0.25, -0.2) is 0 Å². The van der Waals surface area contributed by atoms with Crippen LogP contribution in [0.5, 0.6) is 0 Å². The molecule has 0 aliphatic rings. The molecule has 1 unspecified atom stereocenters. The highest BCUT2D eigenvalue weighted by molar-refractivity contribution is 6.01. The van der Waals surface area contributed by atoms with Gasteiger partial charge in [0, 0.05) is 5.69 Å². The van der Waals surface area contributed by atoms with Crippen LogP contribution in [0.25, 0.3) is 0 Å². The van der Waals surface area contributed by atoms with Crippen LogP contribution in [0.1, 0.15) is 17.3 Å². The molecule has 0 saturated carbocycles. The van der Waals surface area contributed by atoms with Crippen LogP contribution < -0.4 is 16.4 Å². The van der Waals surface area contributed by atoms with E-state index in [4.69, 9.17) is 10.8 Å². The molecule has 2 amide bonds. The Morgan fingerprint density at radius 2 is 1.95 bits per heavy atom. The first-order valence-corrected chi connectivity index (χ1v) is 5.56. The lowest BCUT2D eigenvalue weighted by Crippen LogP contribution is -2.46. The number of carbonyl (C=O) groups excluding carboxylic acids is 2. The molecule has 1 rings (SSSR count). The predicted octanol–water partition coefficient (Wildman–Crippen LogP) is -0.412. The summed E-state index contributed by atoms with van der Waals surface area (Å²) in [4.78, 5) is 33.6. The van der Waals surface area contributed by atoms with Crippen molar-refractivity contribution < 1.29 is 19.5 Å². The number of rotatable bonds is 5. The van der Waals surface area contributed by atoms with Crippen molar-refractivity contribution >= 4 is 23.5 Å². The van der Waals surface area contributed by atoms with Crippen molar-refractivity contribution in [2.75, 3.05) is 12.3 Å². The van der Waals surface area contributed by atoms with Crippen molar-refractivity contribution in [3.05, 3.63) is 29.8 Å². The van der Waals surface area contributed by atoms with E-state index in [9.17, 15) is 14.4 Å². The maximum Gasteiger partial charge on any atom is 0.322 e. The second-order valence-corrected chi connectivity index (χ2v) is 3.89. The molecule has 0 spiro atoms. The number of nitrogens with two attached hydrogens (primary N) is 1. The summed E-state index contributed by atoms with van der Waals surface area (Å²) in [7, 11) is 0. The molecule has 0 heterocycles. The van der Waals surface area contributed by atoms with Crippen molar-refractivity contribution in [3.8, 4) is 0 Å². The first-order chi connectivity index (χ1) is 8.91. The quantitative estimate of drug-likeness (QED) is 0.539. The van der Waals surface area contributed by atoms with Gasteiger partial charge in [-0.1, -0.05) is 12.1 Å². The lowest BCUT2D eigenvalue weighted by molar-refractivity contribution is -0.138. The number of benzene rings is 1. The third kappa shape index (κ3) is 4.30. The van der Waals surface area contributed by atoms with Crippen LogP contribution in [0.15, 0.2) is 24.3 Å². The summed E-state index contributed by atoms with van der Waals surface area (Å²) in [5.74, 6) is -2.22. The van der Waals surface area contributed by atoms with Crippen molar-refractivity contribution in [2.45, 2.75) is 13.0 Å². The zero-order valence-electron chi connectivity index (χ0n) is 10.3. The Bertz CT molecular complexity index is 502. The maximum absolute atomic E-state index is 11.8. The molecule has 0 aromatic heterocycles. The number of carbonyl (C=O) groups is 3. The fourth-order valence-electron chi connectivity index (χ4n) is 1.36. The topological polar surface area (TPSA) is 122 Å².